The average molecular weight is 374 g/mol. The molecule has 2 amide bonds. The third kappa shape index (κ3) is 4.66. The van der Waals surface area contributed by atoms with Crippen LogP contribution in [0, 0.1) is 0 Å². The number of hydrogen-bond acceptors (Lipinski definition) is 5. The van der Waals surface area contributed by atoms with Crippen LogP contribution < -0.4 is 4.74 Å². The quantitative estimate of drug-likeness (QED) is 0.706. The van der Waals surface area contributed by atoms with E-state index in [1.54, 1.807) is 41.2 Å². The normalized spacial score (nSPS) is 19.8. The number of amides is 2. The van der Waals surface area contributed by atoms with E-state index in [1.165, 1.54) is 0 Å². The summed E-state index contributed by atoms with van der Waals surface area (Å²) in [7, 11) is 1.57. The van der Waals surface area contributed by atoms with Gasteiger partial charge in [-0.1, -0.05) is 0 Å². The Morgan fingerprint density at radius 2 is 1.78 bits per heavy atom. The van der Waals surface area contributed by atoms with Gasteiger partial charge in [0.15, 0.2) is 5.78 Å². The van der Waals surface area contributed by atoms with Crippen molar-refractivity contribution in [2.45, 2.75) is 31.7 Å². The van der Waals surface area contributed by atoms with Gasteiger partial charge in [-0.3, -0.25) is 14.4 Å². The fraction of sp³-hybridized carbons (Fsp3) is 0.550. The van der Waals surface area contributed by atoms with Crippen molar-refractivity contribution in [2.75, 3.05) is 40.0 Å². The number of ketones is 1. The summed E-state index contributed by atoms with van der Waals surface area (Å²) in [6, 6.07) is 6.46. The van der Waals surface area contributed by atoms with Crippen LogP contribution in [0.4, 0.5) is 0 Å². The topological polar surface area (TPSA) is 76.2 Å². The second kappa shape index (κ2) is 8.99. The summed E-state index contributed by atoms with van der Waals surface area (Å²) in [5.41, 5.74) is 0.561. The maximum absolute atomic E-state index is 12.7. The predicted octanol–water partition coefficient (Wildman–Crippen LogP) is 1.51. The van der Waals surface area contributed by atoms with E-state index in [1.807, 2.05) is 0 Å². The number of benzene rings is 1. The summed E-state index contributed by atoms with van der Waals surface area (Å²) in [5, 5.41) is 0. The van der Waals surface area contributed by atoms with Gasteiger partial charge in [-0.15, -0.1) is 0 Å². The zero-order chi connectivity index (χ0) is 19.2. The Morgan fingerprint density at radius 1 is 1.07 bits per heavy atom. The minimum absolute atomic E-state index is 0.00521. The van der Waals surface area contributed by atoms with Crippen LogP contribution >= 0.6 is 0 Å². The fourth-order valence-corrected chi connectivity index (χ4v) is 3.60. The molecule has 2 aliphatic heterocycles. The molecule has 1 atom stereocenters. The molecule has 146 valence electrons. The van der Waals surface area contributed by atoms with Crippen molar-refractivity contribution in [3.8, 4) is 5.75 Å². The summed E-state index contributed by atoms with van der Waals surface area (Å²) in [4.78, 5) is 41.1. The molecule has 0 radical (unpaired) electrons. The Kier molecular flexibility index (Phi) is 6.45. The van der Waals surface area contributed by atoms with Crippen molar-refractivity contribution in [1.82, 2.24) is 9.80 Å². The Bertz CT molecular complexity index is 682. The second-order valence-electron chi connectivity index (χ2n) is 6.83. The highest BCUT2D eigenvalue weighted by Crippen LogP contribution is 2.22. The van der Waals surface area contributed by atoms with E-state index in [4.69, 9.17) is 9.47 Å². The van der Waals surface area contributed by atoms with E-state index in [0.717, 1.165) is 6.42 Å². The van der Waals surface area contributed by atoms with Crippen molar-refractivity contribution in [3.63, 3.8) is 0 Å². The van der Waals surface area contributed by atoms with Gasteiger partial charge in [0, 0.05) is 38.0 Å². The highest BCUT2D eigenvalue weighted by atomic mass is 16.5. The number of hydrogen-bond donors (Lipinski definition) is 0. The Labute approximate surface area is 159 Å². The van der Waals surface area contributed by atoms with Gasteiger partial charge in [0.1, 0.15) is 11.8 Å². The van der Waals surface area contributed by atoms with E-state index in [-0.39, 0.29) is 30.4 Å². The lowest BCUT2D eigenvalue weighted by Gasteiger charge is -2.32. The molecule has 2 fully saturated rings. The summed E-state index contributed by atoms with van der Waals surface area (Å²) >= 11 is 0. The molecule has 7 heteroatoms. The number of morpholine rings is 1. The van der Waals surface area contributed by atoms with Crippen LogP contribution in [0.15, 0.2) is 24.3 Å². The zero-order valence-electron chi connectivity index (χ0n) is 15.7. The molecule has 0 spiro atoms. The van der Waals surface area contributed by atoms with Gasteiger partial charge >= 0.3 is 0 Å². The molecule has 27 heavy (non-hydrogen) atoms. The zero-order valence-corrected chi connectivity index (χ0v) is 15.7. The molecule has 0 saturated carbocycles. The maximum atomic E-state index is 12.7. The van der Waals surface area contributed by atoms with Crippen LogP contribution in [0.5, 0.6) is 5.75 Å². The first-order chi connectivity index (χ1) is 13.1. The minimum Gasteiger partial charge on any atom is -0.497 e. The smallest absolute Gasteiger partial charge is 0.245 e. The molecular formula is C20H26N2O5. The maximum Gasteiger partial charge on any atom is 0.245 e. The molecule has 0 N–H and O–H groups in total. The predicted molar refractivity (Wildman–Crippen MR) is 98.7 cm³/mol. The molecule has 7 nitrogen and oxygen atoms in total. The van der Waals surface area contributed by atoms with Gasteiger partial charge in [0.05, 0.1) is 20.3 Å². The van der Waals surface area contributed by atoms with Gasteiger partial charge in [-0.25, -0.2) is 0 Å². The molecule has 1 aromatic carbocycles. The van der Waals surface area contributed by atoms with Gasteiger partial charge < -0.3 is 19.3 Å². The summed E-state index contributed by atoms with van der Waals surface area (Å²) in [6.07, 6.45) is 1.77. The monoisotopic (exact) mass is 374 g/mol. The molecule has 2 aliphatic rings. The molecule has 0 aliphatic carbocycles. The summed E-state index contributed by atoms with van der Waals surface area (Å²) < 4.78 is 10.4. The first-order valence-electron chi connectivity index (χ1n) is 9.43. The third-order valence-corrected chi connectivity index (χ3v) is 5.16. The van der Waals surface area contributed by atoms with E-state index >= 15 is 0 Å². The van der Waals surface area contributed by atoms with E-state index in [2.05, 4.69) is 0 Å². The van der Waals surface area contributed by atoms with Gasteiger partial charge in [-0.2, -0.15) is 0 Å². The number of methoxy groups -OCH3 is 1. The largest absolute Gasteiger partial charge is 0.497 e. The molecule has 0 aromatic heterocycles. The van der Waals surface area contributed by atoms with Crippen LogP contribution in [0.2, 0.25) is 0 Å². The molecule has 0 bridgehead atoms. The van der Waals surface area contributed by atoms with Crippen molar-refractivity contribution in [2.24, 2.45) is 0 Å². The van der Waals surface area contributed by atoms with Gasteiger partial charge in [0.2, 0.25) is 11.8 Å². The van der Waals surface area contributed by atoms with Crippen molar-refractivity contribution in [1.29, 1.82) is 0 Å². The second-order valence-corrected chi connectivity index (χ2v) is 6.83. The number of ether oxygens (including phenoxy) is 2. The van der Waals surface area contributed by atoms with Gasteiger partial charge in [-0.05, 0) is 37.1 Å². The molecular weight excluding hydrogens is 348 g/mol. The number of nitrogens with zero attached hydrogens (tertiary/aromatic N) is 2. The first kappa shape index (κ1) is 19.4. The molecule has 3 rings (SSSR count). The highest BCUT2D eigenvalue weighted by Gasteiger charge is 2.36. The molecule has 1 unspecified atom stereocenters. The lowest BCUT2D eigenvalue weighted by atomic mass is 10.1. The standard InChI is InChI=1S/C20H26N2O5/c1-26-16-6-4-15(5-7-16)18(23)8-9-19(24)22-10-2-3-17(22)20(25)21-11-13-27-14-12-21/h4-7,17H,2-3,8-14H2,1H3. The SMILES string of the molecule is COc1ccc(C(=O)CCC(=O)N2CCCC2C(=O)N2CCOCC2)cc1. The number of Topliss-reactive ketones (excluding diaryl/α,β-unsaturated/α-hetero) is 1. The number of likely N-dealkylation sites (tertiary alicyclic amines) is 1. The first-order valence-corrected chi connectivity index (χ1v) is 9.43. The van der Waals surface area contributed by atoms with Crippen LogP contribution in [-0.4, -0.2) is 73.4 Å². The Morgan fingerprint density at radius 3 is 2.44 bits per heavy atom. The van der Waals surface area contributed by atoms with Gasteiger partial charge in [0.25, 0.3) is 0 Å². The Balaban J connectivity index is 1.54. The van der Waals surface area contributed by atoms with E-state index in [9.17, 15) is 14.4 Å². The van der Waals surface area contributed by atoms with Crippen molar-refractivity contribution < 1.29 is 23.9 Å². The minimum atomic E-state index is -0.397. The average Bonchev–Trinajstić information content (AvgIpc) is 3.22. The Hall–Kier alpha value is -2.41. The van der Waals surface area contributed by atoms with Crippen LogP contribution in [0.3, 0.4) is 0 Å². The lowest BCUT2D eigenvalue weighted by molar-refractivity contribution is -0.146. The van der Waals surface area contributed by atoms with Crippen molar-refractivity contribution >= 4 is 17.6 Å². The van der Waals surface area contributed by atoms with Crippen LogP contribution in [-0.2, 0) is 14.3 Å². The number of carbonyl (C=O) groups excluding carboxylic acids is 3. The fourth-order valence-electron chi connectivity index (χ4n) is 3.60. The number of rotatable bonds is 6. The van der Waals surface area contributed by atoms with Crippen LogP contribution in [0.1, 0.15) is 36.0 Å². The van der Waals surface area contributed by atoms with Crippen LogP contribution in [0.25, 0.3) is 0 Å². The summed E-state index contributed by atoms with van der Waals surface area (Å²) in [6.45, 7) is 2.82. The molecule has 1 aromatic rings. The third-order valence-electron chi connectivity index (χ3n) is 5.16. The highest BCUT2D eigenvalue weighted by molar-refractivity contribution is 5.98. The van der Waals surface area contributed by atoms with E-state index in [0.29, 0.717) is 50.6 Å². The lowest BCUT2D eigenvalue weighted by Crippen LogP contribution is -2.51. The van der Waals surface area contributed by atoms with Crippen molar-refractivity contribution in [3.05, 3.63) is 29.8 Å². The summed E-state index contributed by atoms with van der Waals surface area (Å²) in [5.74, 6) is 0.483. The van der Waals surface area contributed by atoms with E-state index < -0.39 is 6.04 Å². The molecule has 2 heterocycles. The number of carbonyl (C=O) groups is 3. The molecule has 2 saturated heterocycles.